The molecule has 6 nitrogen and oxygen atoms in total. The summed E-state index contributed by atoms with van der Waals surface area (Å²) in [6.07, 6.45) is 3.29. The van der Waals surface area contributed by atoms with Crippen molar-refractivity contribution in [3.63, 3.8) is 0 Å². The summed E-state index contributed by atoms with van der Waals surface area (Å²) in [4.78, 5) is 16.3. The second-order valence-corrected chi connectivity index (χ2v) is 5.52. The molecule has 0 saturated heterocycles. The average Bonchev–Trinajstić information content (AvgIpc) is 3.10. The summed E-state index contributed by atoms with van der Waals surface area (Å²) in [6, 6.07) is 14.4. The van der Waals surface area contributed by atoms with Crippen LogP contribution in [0.3, 0.4) is 0 Å². The van der Waals surface area contributed by atoms with Crippen LogP contribution >= 0.6 is 0 Å². The van der Waals surface area contributed by atoms with Crippen LogP contribution in [-0.4, -0.2) is 23.0 Å². The van der Waals surface area contributed by atoms with E-state index in [4.69, 9.17) is 14.0 Å². The van der Waals surface area contributed by atoms with Crippen molar-refractivity contribution in [3.8, 4) is 11.5 Å². The van der Waals surface area contributed by atoms with E-state index in [0.717, 1.165) is 5.56 Å². The number of carbonyl (C=O) groups is 1. The number of allylic oxidation sites excluding steroid dienone is 1. The Bertz CT molecular complexity index is 914. The molecule has 6 heteroatoms. The number of methoxy groups -OCH3 is 1. The number of ether oxygens (including phenoxy) is 2. The molecule has 0 amide bonds. The second-order valence-electron chi connectivity index (χ2n) is 5.52. The van der Waals surface area contributed by atoms with E-state index in [1.165, 1.54) is 6.08 Å². The van der Waals surface area contributed by atoms with Crippen molar-refractivity contribution in [3.05, 3.63) is 77.4 Å². The van der Waals surface area contributed by atoms with Crippen molar-refractivity contribution in [2.24, 2.45) is 0 Å². The molecule has 3 rings (SSSR count). The molecule has 0 N–H and O–H groups in total. The highest BCUT2D eigenvalue weighted by Gasteiger charge is 2.04. The third-order valence-electron chi connectivity index (χ3n) is 3.60. The van der Waals surface area contributed by atoms with E-state index in [1.54, 1.807) is 44.4 Å². The molecular weight excluding hydrogens is 332 g/mol. The Kier molecular flexibility index (Phi) is 5.43. The molecule has 0 unspecified atom stereocenters. The fourth-order valence-corrected chi connectivity index (χ4v) is 2.27. The molecule has 0 bridgehead atoms. The van der Waals surface area contributed by atoms with Crippen molar-refractivity contribution >= 4 is 11.9 Å². The Labute approximate surface area is 151 Å². The number of nitrogens with zero attached hydrogens (tertiary/aromatic N) is 2. The minimum atomic E-state index is -0.0864. The summed E-state index contributed by atoms with van der Waals surface area (Å²) < 4.78 is 15.6. The first kappa shape index (κ1) is 17.4. The Morgan fingerprint density at radius 1 is 1.15 bits per heavy atom. The van der Waals surface area contributed by atoms with E-state index < -0.39 is 0 Å². The van der Waals surface area contributed by atoms with E-state index in [0.29, 0.717) is 28.8 Å². The first-order valence-electron chi connectivity index (χ1n) is 8.02. The van der Waals surface area contributed by atoms with Gasteiger partial charge >= 0.3 is 0 Å². The lowest BCUT2D eigenvalue weighted by Crippen LogP contribution is -1.97. The van der Waals surface area contributed by atoms with Crippen molar-refractivity contribution < 1.29 is 18.8 Å². The highest BCUT2D eigenvalue weighted by molar-refractivity contribution is 6.07. The number of aryl methyl sites for hydroxylation is 1. The van der Waals surface area contributed by atoms with Gasteiger partial charge in [0.15, 0.2) is 12.4 Å². The molecule has 3 aromatic rings. The fraction of sp³-hybridized carbons (Fsp3) is 0.150. The van der Waals surface area contributed by atoms with E-state index in [2.05, 4.69) is 10.1 Å². The molecule has 0 saturated carbocycles. The van der Waals surface area contributed by atoms with Gasteiger partial charge in [0.05, 0.1) is 7.11 Å². The molecule has 0 radical (unpaired) electrons. The van der Waals surface area contributed by atoms with Gasteiger partial charge in [-0.15, -0.1) is 0 Å². The van der Waals surface area contributed by atoms with E-state index >= 15 is 0 Å². The van der Waals surface area contributed by atoms with E-state index in [1.807, 2.05) is 24.3 Å². The maximum absolute atomic E-state index is 12.2. The van der Waals surface area contributed by atoms with Gasteiger partial charge in [0, 0.05) is 12.5 Å². The van der Waals surface area contributed by atoms with Gasteiger partial charge in [0.25, 0.3) is 0 Å². The highest BCUT2D eigenvalue weighted by Crippen LogP contribution is 2.16. The van der Waals surface area contributed by atoms with Gasteiger partial charge in [0.2, 0.25) is 11.7 Å². The lowest BCUT2D eigenvalue weighted by molar-refractivity contribution is 0.104. The number of benzene rings is 2. The molecule has 0 atom stereocenters. The first-order valence-corrected chi connectivity index (χ1v) is 8.02. The van der Waals surface area contributed by atoms with Gasteiger partial charge in [-0.25, -0.2) is 0 Å². The zero-order chi connectivity index (χ0) is 18.4. The predicted molar refractivity (Wildman–Crippen MR) is 96.2 cm³/mol. The van der Waals surface area contributed by atoms with E-state index in [-0.39, 0.29) is 12.4 Å². The molecular formula is C20H18N2O4. The molecule has 132 valence electrons. The van der Waals surface area contributed by atoms with Gasteiger partial charge in [-0.05, 0) is 35.9 Å². The van der Waals surface area contributed by atoms with E-state index in [9.17, 15) is 4.79 Å². The summed E-state index contributed by atoms with van der Waals surface area (Å²) in [5.74, 6) is 2.25. The number of rotatable bonds is 7. The number of hydrogen-bond donors (Lipinski definition) is 0. The molecule has 0 aliphatic carbocycles. The zero-order valence-electron chi connectivity index (χ0n) is 14.5. The largest absolute Gasteiger partial charge is 0.497 e. The van der Waals surface area contributed by atoms with Crippen molar-refractivity contribution in [1.82, 2.24) is 10.1 Å². The van der Waals surface area contributed by atoms with Gasteiger partial charge in [0.1, 0.15) is 11.5 Å². The Morgan fingerprint density at radius 3 is 2.65 bits per heavy atom. The van der Waals surface area contributed by atoms with Crippen LogP contribution in [0.2, 0.25) is 0 Å². The predicted octanol–water partition coefficient (Wildman–Crippen LogP) is 3.86. The molecule has 0 aliphatic heterocycles. The topological polar surface area (TPSA) is 74.5 Å². The SMILES string of the molecule is COc1cccc(C(=O)C=Cc2ccc(OCc3noc(C)n3)cc2)c1. The molecule has 0 aliphatic rings. The smallest absolute Gasteiger partial charge is 0.223 e. The summed E-state index contributed by atoms with van der Waals surface area (Å²) in [5.41, 5.74) is 1.47. The number of ketones is 1. The minimum absolute atomic E-state index is 0.0864. The van der Waals surface area contributed by atoms with Crippen LogP contribution in [0.1, 0.15) is 27.6 Å². The Balaban J connectivity index is 1.59. The molecule has 2 aromatic carbocycles. The second kappa shape index (κ2) is 8.11. The van der Waals surface area contributed by atoms with Crippen LogP contribution in [0.25, 0.3) is 6.08 Å². The highest BCUT2D eigenvalue weighted by atomic mass is 16.5. The molecule has 0 spiro atoms. The lowest BCUT2D eigenvalue weighted by Gasteiger charge is -2.03. The summed E-state index contributed by atoms with van der Waals surface area (Å²) in [6.45, 7) is 1.96. The molecule has 1 aromatic heterocycles. The van der Waals surface area contributed by atoms with Crippen LogP contribution in [-0.2, 0) is 6.61 Å². The normalized spacial score (nSPS) is 10.8. The molecule has 0 fully saturated rings. The quantitative estimate of drug-likeness (QED) is 0.476. The third kappa shape index (κ3) is 4.57. The zero-order valence-corrected chi connectivity index (χ0v) is 14.5. The van der Waals surface area contributed by atoms with Crippen LogP contribution < -0.4 is 9.47 Å². The Morgan fingerprint density at radius 2 is 1.96 bits per heavy atom. The monoisotopic (exact) mass is 350 g/mol. The molecule has 26 heavy (non-hydrogen) atoms. The lowest BCUT2D eigenvalue weighted by atomic mass is 10.1. The maximum Gasteiger partial charge on any atom is 0.223 e. The van der Waals surface area contributed by atoms with Crippen LogP contribution in [0.5, 0.6) is 11.5 Å². The number of carbonyl (C=O) groups excluding carboxylic acids is 1. The first-order chi connectivity index (χ1) is 12.6. The Hall–Kier alpha value is -3.41. The molecule has 1 heterocycles. The van der Waals surface area contributed by atoms with Crippen LogP contribution in [0, 0.1) is 6.92 Å². The van der Waals surface area contributed by atoms with Crippen molar-refractivity contribution in [1.29, 1.82) is 0 Å². The number of hydrogen-bond acceptors (Lipinski definition) is 6. The number of aromatic nitrogens is 2. The third-order valence-corrected chi connectivity index (χ3v) is 3.60. The summed E-state index contributed by atoms with van der Waals surface area (Å²) in [7, 11) is 1.57. The fourth-order valence-electron chi connectivity index (χ4n) is 2.27. The van der Waals surface area contributed by atoms with Crippen molar-refractivity contribution in [2.75, 3.05) is 7.11 Å². The average molecular weight is 350 g/mol. The van der Waals surface area contributed by atoms with Crippen molar-refractivity contribution in [2.45, 2.75) is 13.5 Å². The maximum atomic E-state index is 12.2. The summed E-state index contributed by atoms with van der Waals surface area (Å²) >= 11 is 0. The standard InChI is InChI=1S/C20H18N2O4/c1-14-21-20(22-26-14)13-25-17-9-6-15(7-10-17)8-11-19(23)16-4-3-5-18(12-16)24-2/h3-12H,13H2,1-2H3. The van der Waals surface area contributed by atoms with Gasteiger partial charge in [-0.2, -0.15) is 4.98 Å². The van der Waals surface area contributed by atoms with Crippen LogP contribution in [0.15, 0.2) is 59.1 Å². The minimum Gasteiger partial charge on any atom is -0.497 e. The van der Waals surface area contributed by atoms with Gasteiger partial charge in [-0.3, -0.25) is 4.79 Å². The van der Waals surface area contributed by atoms with Crippen LogP contribution in [0.4, 0.5) is 0 Å². The van der Waals surface area contributed by atoms with Gasteiger partial charge in [-0.1, -0.05) is 35.5 Å². The van der Waals surface area contributed by atoms with Gasteiger partial charge < -0.3 is 14.0 Å². The summed E-state index contributed by atoms with van der Waals surface area (Å²) in [5, 5.41) is 3.77.